The molecule has 2 aliphatic rings. The number of H-pyrrole nitrogens is 1. The van der Waals surface area contributed by atoms with E-state index in [0.717, 1.165) is 23.7 Å². The summed E-state index contributed by atoms with van der Waals surface area (Å²) >= 11 is 0. The van der Waals surface area contributed by atoms with Crippen LogP contribution < -0.4 is 5.32 Å². The molecule has 8 nitrogen and oxygen atoms in total. The molecule has 4 rings (SSSR count). The number of benzene rings is 1. The van der Waals surface area contributed by atoms with Crippen LogP contribution in [0.2, 0.25) is 0 Å². The normalized spacial score (nSPS) is 18.8. The number of aromatic nitrogens is 1. The van der Waals surface area contributed by atoms with Crippen LogP contribution in [0.4, 0.5) is 4.79 Å². The Kier molecular flexibility index (Phi) is 5.32. The molecule has 2 fully saturated rings. The van der Waals surface area contributed by atoms with Crippen LogP contribution >= 0.6 is 0 Å². The highest BCUT2D eigenvalue weighted by molar-refractivity contribution is 6.10. The van der Waals surface area contributed by atoms with Gasteiger partial charge in [0.15, 0.2) is 6.10 Å². The maximum atomic E-state index is 12.7. The Bertz CT molecular complexity index is 1010. The van der Waals surface area contributed by atoms with Gasteiger partial charge in [-0.3, -0.25) is 19.3 Å². The van der Waals surface area contributed by atoms with Gasteiger partial charge < -0.3 is 15.0 Å². The first-order chi connectivity index (χ1) is 14.4. The van der Waals surface area contributed by atoms with E-state index in [1.165, 1.54) is 4.90 Å². The number of para-hydroxylation sites is 1. The van der Waals surface area contributed by atoms with Gasteiger partial charge in [0.25, 0.3) is 5.91 Å². The quantitative estimate of drug-likeness (QED) is 0.414. The third-order valence-corrected chi connectivity index (χ3v) is 6.00. The van der Waals surface area contributed by atoms with Crippen LogP contribution in [-0.2, 0) is 14.3 Å². The lowest BCUT2D eigenvalue weighted by molar-refractivity contribution is -0.146. The van der Waals surface area contributed by atoms with E-state index in [1.807, 2.05) is 24.3 Å². The fourth-order valence-corrected chi connectivity index (χ4v) is 4.38. The largest absolute Gasteiger partial charge is 0.454 e. The van der Waals surface area contributed by atoms with Gasteiger partial charge >= 0.3 is 12.0 Å². The second kappa shape index (κ2) is 7.93. The van der Waals surface area contributed by atoms with Crippen molar-refractivity contribution in [3.05, 3.63) is 36.0 Å². The van der Waals surface area contributed by atoms with Crippen molar-refractivity contribution in [2.75, 3.05) is 6.54 Å². The number of fused-ring (bicyclic) bond motifs is 1. The van der Waals surface area contributed by atoms with Crippen molar-refractivity contribution in [2.24, 2.45) is 0 Å². The number of hydrogen-bond acceptors (Lipinski definition) is 5. The van der Waals surface area contributed by atoms with Crippen LogP contribution in [0.25, 0.3) is 10.9 Å². The molecule has 1 aliphatic carbocycles. The van der Waals surface area contributed by atoms with Crippen LogP contribution in [0.5, 0.6) is 0 Å². The van der Waals surface area contributed by atoms with E-state index in [9.17, 15) is 19.2 Å². The molecule has 2 N–H and O–H groups in total. The Morgan fingerprint density at radius 2 is 1.93 bits per heavy atom. The molecule has 1 aliphatic heterocycles. The van der Waals surface area contributed by atoms with Crippen LogP contribution in [0.3, 0.4) is 0 Å². The van der Waals surface area contributed by atoms with E-state index in [2.05, 4.69) is 10.3 Å². The zero-order chi connectivity index (χ0) is 21.3. The number of urea groups is 1. The molecule has 0 bridgehead atoms. The Morgan fingerprint density at radius 3 is 2.70 bits per heavy atom. The third kappa shape index (κ3) is 3.58. The van der Waals surface area contributed by atoms with Gasteiger partial charge in [0, 0.05) is 35.6 Å². The second-order valence-electron chi connectivity index (χ2n) is 8.02. The lowest BCUT2D eigenvalue weighted by Gasteiger charge is -2.20. The molecule has 1 aromatic heterocycles. The summed E-state index contributed by atoms with van der Waals surface area (Å²) < 4.78 is 5.29. The number of nitrogens with one attached hydrogen (secondary N) is 2. The number of nitrogens with zero attached hydrogens (tertiary/aromatic N) is 1. The number of carbonyl (C=O) groups is 4. The smallest absolute Gasteiger partial charge is 0.325 e. The minimum absolute atomic E-state index is 0.0234. The first kappa shape index (κ1) is 20.1. The number of ether oxygens (including phenoxy) is 1. The fraction of sp³-hybridized carbons (Fsp3) is 0.455. The number of esters is 1. The SMILES string of the molecule is C[C@@H](OC(=O)CCCN1C(=O)NC2(CCCC2)C1=O)C(=O)c1c[nH]c2ccccc12. The maximum absolute atomic E-state index is 12.7. The molecule has 0 unspecified atom stereocenters. The summed E-state index contributed by atoms with van der Waals surface area (Å²) in [4.78, 5) is 53.8. The average Bonchev–Trinajstić information content (AvgIpc) is 3.42. The molecule has 1 atom stereocenters. The lowest BCUT2D eigenvalue weighted by atomic mass is 9.98. The van der Waals surface area contributed by atoms with Crippen molar-refractivity contribution < 1.29 is 23.9 Å². The maximum Gasteiger partial charge on any atom is 0.325 e. The van der Waals surface area contributed by atoms with E-state index in [0.29, 0.717) is 24.8 Å². The molecule has 158 valence electrons. The first-order valence-corrected chi connectivity index (χ1v) is 10.4. The third-order valence-electron chi connectivity index (χ3n) is 6.00. The predicted octanol–water partition coefficient (Wildman–Crippen LogP) is 2.93. The summed E-state index contributed by atoms with van der Waals surface area (Å²) in [6.45, 7) is 1.70. The van der Waals surface area contributed by atoms with Gasteiger partial charge in [0.05, 0.1) is 0 Å². The molecule has 1 saturated carbocycles. The van der Waals surface area contributed by atoms with Crippen molar-refractivity contribution in [1.82, 2.24) is 15.2 Å². The Morgan fingerprint density at radius 1 is 1.20 bits per heavy atom. The highest BCUT2D eigenvalue weighted by atomic mass is 16.5. The van der Waals surface area contributed by atoms with Crippen LogP contribution in [0.1, 0.15) is 55.8 Å². The van der Waals surface area contributed by atoms with Gasteiger partial charge in [0.1, 0.15) is 5.54 Å². The molecule has 2 aromatic rings. The summed E-state index contributed by atoms with van der Waals surface area (Å²) in [5.74, 6) is -1.00. The van der Waals surface area contributed by atoms with Crippen molar-refractivity contribution in [2.45, 2.75) is 57.1 Å². The number of rotatable bonds is 7. The van der Waals surface area contributed by atoms with Gasteiger partial charge in [0.2, 0.25) is 5.78 Å². The Labute approximate surface area is 173 Å². The molecule has 8 heteroatoms. The number of amides is 3. The van der Waals surface area contributed by atoms with Crippen molar-refractivity contribution in [3.63, 3.8) is 0 Å². The van der Waals surface area contributed by atoms with Gasteiger partial charge in [-0.05, 0) is 32.3 Å². The van der Waals surface area contributed by atoms with Gasteiger partial charge in [-0.25, -0.2) is 4.79 Å². The van der Waals surface area contributed by atoms with E-state index in [4.69, 9.17) is 4.74 Å². The molecule has 30 heavy (non-hydrogen) atoms. The highest BCUT2D eigenvalue weighted by Gasteiger charge is 2.52. The van der Waals surface area contributed by atoms with Gasteiger partial charge in [-0.1, -0.05) is 31.0 Å². The number of hydrogen-bond donors (Lipinski definition) is 2. The summed E-state index contributed by atoms with van der Waals surface area (Å²) in [6.07, 6.45) is 4.21. The number of imide groups is 1. The zero-order valence-corrected chi connectivity index (χ0v) is 16.9. The number of Topliss-reactive ketones (excluding diaryl/α,β-unsaturated/α-hetero) is 1. The van der Waals surface area contributed by atoms with E-state index in [-0.39, 0.29) is 24.7 Å². The van der Waals surface area contributed by atoms with E-state index in [1.54, 1.807) is 13.1 Å². The van der Waals surface area contributed by atoms with Gasteiger partial charge in [-0.2, -0.15) is 0 Å². The highest BCUT2D eigenvalue weighted by Crippen LogP contribution is 2.35. The molecule has 2 heterocycles. The molecular weight excluding hydrogens is 386 g/mol. The zero-order valence-electron chi connectivity index (χ0n) is 16.9. The molecule has 1 saturated heterocycles. The summed E-state index contributed by atoms with van der Waals surface area (Å²) in [5, 5.41) is 3.60. The predicted molar refractivity (Wildman–Crippen MR) is 109 cm³/mol. The van der Waals surface area contributed by atoms with Crippen molar-refractivity contribution in [3.8, 4) is 0 Å². The number of ketones is 1. The van der Waals surface area contributed by atoms with Crippen molar-refractivity contribution in [1.29, 1.82) is 0 Å². The number of carbonyl (C=O) groups excluding carboxylic acids is 4. The first-order valence-electron chi connectivity index (χ1n) is 10.4. The topological polar surface area (TPSA) is 109 Å². The lowest BCUT2D eigenvalue weighted by Crippen LogP contribution is -2.44. The summed E-state index contributed by atoms with van der Waals surface area (Å²) in [6, 6.07) is 7.03. The van der Waals surface area contributed by atoms with E-state index < -0.39 is 23.6 Å². The summed E-state index contributed by atoms with van der Waals surface area (Å²) in [5.41, 5.74) is 0.581. The molecule has 3 amide bonds. The van der Waals surface area contributed by atoms with Crippen LogP contribution in [0, 0.1) is 0 Å². The van der Waals surface area contributed by atoms with Gasteiger partial charge in [-0.15, -0.1) is 0 Å². The fourth-order valence-electron chi connectivity index (χ4n) is 4.38. The Hall–Kier alpha value is -3.16. The van der Waals surface area contributed by atoms with Crippen molar-refractivity contribution >= 4 is 34.6 Å². The molecule has 1 aromatic carbocycles. The minimum Gasteiger partial charge on any atom is -0.454 e. The Balaban J connectivity index is 1.28. The monoisotopic (exact) mass is 411 g/mol. The molecule has 0 radical (unpaired) electrons. The molecule has 1 spiro atoms. The molecular formula is C22H25N3O5. The summed E-state index contributed by atoms with van der Waals surface area (Å²) in [7, 11) is 0. The second-order valence-corrected chi connectivity index (χ2v) is 8.02. The van der Waals surface area contributed by atoms with E-state index >= 15 is 0 Å². The van der Waals surface area contributed by atoms with Crippen LogP contribution in [0.15, 0.2) is 30.5 Å². The average molecular weight is 411 g/mol. The minimum atomic E-state index is -0.921. The number of aromatic amines is 1. The van der Waals surface area contributed by atoms with Crippen LogP contribution in [-0.4, -0.2) is 51.8 Å². The standard InChI is InChI=1S/C22H25N3O5/c1-14(19(27)16-13-23-17-8-3-2-7-15(16)17)30-18(26)9-6-12-25-20(28)22(24-21(25)29)10-4-5-11-22/h2-3,7-8,13-14,23H,4-6,9-12H2,1H3,(H,24,29)/t14-/m1/s1.